The van der Waals surface area contributed by atoms with Crippen LogP contribution in [0.1, 0.15) is 18.5 Å². The third-order valence-corrected chi connectivity index (χ3v) is 3.78. The molecule has 1 fully saturated rings. The van der Waals surface area contributed by atoms with Crippen molar-refractivity contribution in [2.24, 2.45) is 0 Å². The highest BCUT2D eigenvalue weighted by Gasteiger charge is 2.37. The van der Waals surface area contributed by atoms with Crippen molar-refractivity contribution in [3.05, 3.63) is 24.0 Å². The van der Waals surface area contributed by atoms with Gasteiger partial charge in [-0.05, 0) is 25.0 Å². The highest BCUT2D eigenvalue weighted by Crippen LogP contribution is 2.27. The Morgan fingerprint density at radius 3 is 2.42 bits per heavy atom. The molecule has 1 aromatic heterocycles. The van der Waals surface area contributed by atoms with Crippen LogP contribution in [-0.4, -0.2) is 56.8 Å². The summed E-state index contributed by atoms with van der Waals surface area (Å²) in [7, 11) is 0. The first kappa shape index (κ1) is 19.3. The van der Waals surface area contributed by atoms with E-state index in [9.17, 15) is 27.6 Å². The molecule has 0 radical (unpaired) electrons. The van der Waals surface area contributed by atoms with E-state index in [-0.39, 0.29) is 25.1 Å². The highest BCUT2D eigenvalue weighted by atomic mass is 19.4. The minimum atomic E-state index is -4.59. The number of piperidine rings is 1. The van der Waals surface area contributed by atoms with Crippen LogP contribution >= 0.6 is 0 Å². The number of nitrogens with one attached hydrogen (secondary N) is 2. The Kier molecular flexibility index (Phi) is 5.53. The normalized spacial score (nSPS) is 20.3. The van der Waals surface area contributed by atoms with E-state index in [1.54, 1.807) is 0 Å². The van der Waals surface area contributed by atoms with Crippen molar-refractivity contribution >= 4 is 23.8 Å². The summed E-state index contributed by atoms with van der Waals surface area (Å²) in [5.74, 6) is -1.33. The Bertz CT molecular complexity index is 695. The van der Waals surface area contributed by atoms with Gasteiger partial charge in [-0.1, -0.05) is 0 Å². The largest absolute Gasteiger partial charge is 0.480 e. The number of carboxylic acid groups (broad SMARTS) is 2. The lowest BCUT2D eigenvalue weighted by Gasteiger charge is -2.35. The Morgan fingerprint density at radius 2 is 1.92 bits per heavy atom. The van der Waals surface area contributed by atoms with Gasteiger partial charge in [-0.15, -0.1) is 0 Å². The number of carboxylic acids is 1. The number of likely N-dealkylation sites (tertiary alicyclic amines) is 1. The van der Waals surface area contributed by atoms with Crippen LogP contribution in [0.3, 0.4) is 0 Å². The molecule has 26 heavy (non-hydrogen) atoms. The summed E-state index contributed by atoms with van der Waals surface area (Å²) in [5.41, 5.74) is -1.08. The molecule has 1 aliphatic heterocycles. The molecule has 0 spiro atoms. The van der Waals surface area contributed by atoms with Crippen molar-refractivity contribution < 1.29 is 37.8 Å². The molecule has 0 aromatic carbocycles. The first-order valence-corrected chi connectivity index (χ1v) is 7.41. The second-order valence-corrected chi connectivity index (χ2v) is 5.58. The van der Waals surface area contributed by atoms with E-state index in [0.29, 0.717) is 6.07 Å². The van der Waals surface area contributed by atoms with Gasteiger partial charge in [0.15, 0.2) is 0 Å². The minimum absolute atomic E-state index is 0.0215. The van der Waals surface area contributed by atoms with Gasteiger partial charge in [-0.3, -0.25) is 4.90 Å². The van der Waals surface area contributed by atoms with Crippen LogP contribution in [0, 0.1) is 0 Å². The van der Waals surface area contributed by atoms with Gasteiger partial charge < -0.3 is 20.8 Å². The van der Waals surface area contributed by atoms with Gasteiger partial charge in [0, 0.05) is 12.6 Å². The number of carbonyl (C=O) groups excluding carboxylic acids is 1. The van der Waals surface area contributed by atoms with Gasteiger partial charge >= 0.3 is 24.3 Å². The number of anilines is 1. The second kappa shape index (κ2) is 7.45. The fourth-order valence-electron chi connectivity index (χ4n) is 2.55. The predicted octanol–water partition coefficient (Wildman–Crippen LogP) is 1.82. The lowest BCUT2D eigenvalue weighted by molar-refractivity contribution is -0.144. The number of nitrogens with zero attached hydrogens (tertiary/aromatic N) is 2. The molecular formula is C14H15F3N4O5. The third kappa shape index (κ3) is 4.74. The number of hydrogen-bond acceptors (Lipinski definition) is 4. The third-order valence-electron chi connectivity index (χ3n) is 3.78. The number of hydrogen-bond donors (Lipinski definition) is 4. The van der Waals surface area contributed by atoms with E-state index >= 15 is 0 Å². The zero-order valence-corrected chi connectivity index (χ0v) is 13.2. The molecule has 0 bridgehead atoms. The molecule has 0 aliphatic carbocycles. The van der Waals surface area contributed by atoms with Crippen molar-refractivity contribution in [1.82, 2.24) is 15.2 Å². The van der Waals surface area contributed by atoms with Crippen LogP contribution in [-0.2, 0) is 11.0 Å². The monoisotopic (exact) mass is 376 g/mol. The van der Waals surface area contributed by atoms with Crippen molar-refractivity contribution in [2.45, 2.75) is 31.1 Å². The first-order chi connectivity index (χ1) is 12.1. The molecule has 3 amide bonds. The van der Waals surface area contributed by atoms with Gasteiger partial charge in [0.1, 0.15) is 11.7 Å². The van der Waals surface area contributed by atoms with Crippen molar-refractivity contribution in [2.75, 3.05) is 11.9 Å². The summed E-state index contributed by atoms with van der Waals surface area (Å²) < 4.78 is 37.3. The molecule has 1 saturated heterocycles. The number of carbonyl (C=O) groups is 3. The lowest BCUT2D eigenvalue weighted by atomic mass is 9.97. The topological polar surface area (TPSA) is 132 Å². The van der Waals surface area contributed by atoms with Crippen LogP contribution in [0.25, 0.3) is 0 Å². The lowest BCUT2D eigenvalue weighted by Crippen LogP contribution is -2.55. The Labute approximate surface area is 144 Å². The van der Waals surface area contributed by atoms with Crippen LogP contribution in [0.2, 0.25) is 0 Å². The molecule has 142 valence electrons. The number of alkyl halides is 3. The maximum atomic E-state index is 12.4. The van der Waals surface area contributed by atoms with Crippen LogP contribution < -0.4 is 10.6 Å². The summed E-state index contributed by atoms with van der Waals surface area (Å²) in [6.07, 6.45) is -5.04. The molecule has 4 N–H and O–H groups in total. The number of aliphatic carboxylic acids is 1. The number of halogens is 3. The number of rotatable bonds is 3. The van der Waals surface area contributed by atoms with Crippen LogP contribution in [0.5, 0.6) is 0 Å². The zero-order chi connectivity index (χ0) is 19.5. The maximum Gasteiger partial charge on any atom is 0.433 e. The van der Waals surface area contributed by atoms with Gasteiger partial charge in [0.2, 0.25) is 0 Å². The number of urea groups is 1. The minimum Gasteiger partial charge on any atom is -0.480 e. The first-order valence-electron chi connectivity index (χ1n) is 7.41. The van der Waals surface area contributed by atoms with Crippen LogP contribution in [0.4, 0.5) is 28.4 Å². The predicted molar refractivity (Wildman–Crippen MR) is 80.6 cm³/mol. The summed E-state index contributed by atoms with van der Waals surface area (Å²) >= 11 is 0. The zero-order valence-electron chi connectivity index (χ0n) is 13.2. The summed E-state index contributed by atoms with van der Waals surface area (Å²) in [6.45, 7) is -0.0704. The molecule has 1 aliphatic rings. The quantitative estimate of drug-likeness (QED) is 0.636. The molecule has 9 nitrogen and oxygen atoms in total. The molecule has 1 aromatic rings. The molecule has 2 rings (SSSR count). The van der Waals surface area contributed by atoms with Crippen molar-refractivity contribution in [3.63, 3.8) is 0 Å². The van der Waals surface area contributed by atoms with Crippen LogP contribution in [0.15, 0.2) is 18.3 Å². The Balaban J connectivity index is 1.93. The van der Waals surface area contributed by atoms with E-state index < -0.39 is 42.0 Å². The van der Waals surface area contributed by atoms with E-state index in [1.807, 2.05) is 0 Å². The van der Waals surface area contributed by atoms with Gasteiger partial charge in [-0.2, -0.15) is 13.2 Å². The van der Waals surface area contributed by atoms with Crippen molar-refractivity contribution in [1.29, 1.82) is 0 Å². The summed E-state index contributed by atoms with van der Waals surface area (Å²) in [5, 5.41) is 22.8. The van der Waals surface area contributed by atoms with E-state index in [2.05, 4.69) is 15.6 Å². The average Bonchev–Trinajstić information content (AvgIpc) is 2.54. The van der Waals surface area contributed by atoms with E-state index in [1.165, 1.54) is 0 Å². The summed E-state index contributed by atoms with van der Waals surface area (Å²) in [6, 6.07) is -0.915. The standard InChI is InChI=1S/C14H15F3N4O5/c15-14(16,17)10-2-1-8(6-18-10)20-12(24)19-7-3-4-21(13(25)26)9(5-7)11(22)23/h1-2,6-7,9H,3-5H2,(H,22,23)(H,25,26)(H2,19,20,24). The van der Waals surface area contributed by atoms with Gasteiger partial charge in [0.25, 0.3) is 0 Å². The molecule has 2 unspecified atom stereocenters. The highest BCUT2D eigenvalue weighted by molar-refractivity contribution is 5.89. The number of aromatic nitrogens is 1. The van der Waals surface area contributed by atoms with Crippen molar-refractivity contribution in [3.8, 4) is 0 Å². The smallest absolute Gasteiger partial charge is 0.433 e. The molecule has 12 heteroatoms. The maximum absolute atomic E-state index is 12.4. The summed E-state index contributed by atoms with van der Waals surface area (Å²) in [4.78, 5) is 38.1. The average molecular weight is 376 g/mol. The van der Waals surface area contributed by atoms with E-state index in [0.717, 1.165) is 17.2 Å². The Hall–Kier alpha value is -3.05. The molecule has 2 atom stereocenters. The fourth-order valence-corrected chi connectivity index (χ4v) is 2.55. The number of pyridine rings is 1. The fraction of sp³-hybridized carbons (Fsp3) is 0.429. The molecule has 0 saturated carbocycles. The van der Waals surface area contributed by atoms with E-state index in [4.69, 9.17) is 10.2 Å². The van der Waals surface area contributed by atoms with Gasteiger partial charge in [0.05, 0.1) is 11.9 Å². The molecule has 2 heterocycles. The van der Waals surface area contributed by atoms with Gasteiger partial charge in [-0.25, -0.2) is 19.4 Å². The second-order valence-electron chi connectivity index (χ2n) is 5.58. The molecular weight excluding hydrogens is 361 g/mol. The number of amides is 3. The Morgan fingerprint density at radius 1 is 1.23 bits per heavy atom. The SMILES string of the molecule is O=C(Nc1ccc(C(F)(F)F)nc1)NC1CCN(C(=O)O)C(C(=O)O)C1.